The third-order valence-electron chi connectivity index (χ3n) is 3.52. The molecule has 106 valence electrons. The van der Waals surface area contributed by atoms with Crippen molar-refractivity contribution in [1.29, 1.82) is 0 Å². The minimum Gasteiger partial charge on any atom is -0.295 e. The van der Waals surface area contributed by atoms with Crippen molar-refractivity contribution in [3.05, 3.63) is 64.0 Å². The standard InChI is InChI=1S/C17H16N2OS/c1-4-9-19-10-18-16-15(17(19)20)14(12(3)21-16)13-7-5-11(2)6-8-13/h4-8,10H,1,9H2,2-3H3. The summed E-state index contributed by atoms with van der Waals surface area (Å²) in [6.45, 7) is 8.26. The van der Waals surface area contributed by atoms with E-state index in [2.05, 4.69) is 42.8 Å². The van der Waals surface area contributed by atoms with Gasteiger partial charge in [-0.05, 0) is 19.4 Å². The molecule has 21 heavy (non-hydrogen) atoms. The third-order valence-corrected chi connectivity index (χ3v) is 4.53. The van der Waals surface area contributed by atoms with Crippen LogP contribution in [0.3, 0.4) is 0 Å². The van der Waals surface area contributed by atoms with Gasteiger partial charge < -0.3 is 0 Å². The van der Waals surface area contributed by atoms with Crippen LogP contribution >= 0.6 is 11.3 Å². The second-order valence-electron chi connectivity index (χ2n) is 5.07. The highest BCUT2D eigenvalue weighted by atomic mass is 32.1. The number of aryl methyl sites for hydroxylation is 2. The van der Waals surface area contributed by atoms with Gasteiger partial charge in [-0.2, -0.15) is 0 Å². The highest BCUT2D eigenvalue weighted by Crippen LogP contribution is 2.35. The molecule has 2 aromatic heterocycles. The van der Waals surface area contributed by atoms with Crippen LogP contribution in [0.1, 0.15) is 10.4 Å². The molecule has 0 saturated carbocycles. The third kappa shape index (κ3) is 2.32. The minimum absolute atomic E-state index is 0.000162. The molecular formula is C17H16N2OS. The van der Waals surface area contributed by atoms with Crippen molar-refractivity contribution in [2.45, 2.75) is 20.4 Å². The lowest BCUT2D eigenvalue weighted by atomic mass is 10.0. The number of hydrogen-bond donors (Lipinski definition) is 0. The number of hydrogen-bond acceptors (Lipinski definition) is 3. The molecule has 0 amide bonds. The molecule has 0 saturated heterocycles. The largest absolute Gasteiger partial charge is 0.295 e. The fraction of sp³-hybridized carbons (Fsp3) is 0.176. The maximum atomic E-state index is 12.7. The van der Waals surface area contributed by atoms with Crippen molar-refractivity contribution in [3.63, 3.8) is 0 Å². The van der Waals surface area contributed by atoms with Crippen LogP contribution in [0.25, 0.3) is 21.3 Å². The van der Waals surface area contributed by atoms with Crippen LogP contribution in [-0.4, -0.2) is 9.55 Å². The average Bonchev–Trinajstić information content (AvgIpc) is 2.80. The van der Waals surface area contributed by atoms with Crippen LogP contribution in [0.5, 0.6) is 0 Å². The van der Waals surface area contributed by atoms with Gasteiger partial charge in [0.05, 0.1) is 11.7 Å². The Morgan fingerprint density at radius 3 is 2.67 bits per heavy atom. The maximum Gasteiger partial charge on any atom is 0.263 e. The normalized spacial score (nSPS) is 11.0. The van der Waals surface area contributed by atoms with E-state index >= 15 is 0 Å². The molecule has 1 aromatic carbocycles. The number of nitrogens with zero attached hydrogens (tertiary/aromatic N) is 2. The van der Waals surface area contributed by atoms with E-state index in [4.69, 9.17) is 0 Å². The summed E-state index contributed by atoms with van der Waals surface area (Å²) in [6, 6.07) is 8.26. The van der Waals surface area contributed by atoms with Crippen molar-refractivity contribution < 1.29 is 0 Å². The lowest BCUT2D eigenvalue weighted by Gasteiger charge is -2.04. The van der Waals surface area contributed by atoms with Crippen LogP contribution in [0.15, 0.2) is 48.0 Å². The summed E-state index contributed by atoms with van der Waals surface area (Å²) in [4.78, 5) is 19.0. The van der Waals surface area contributed by atoms with E-state index in [0.29, 0.717) is 11.9 Å². The quantitative estimate of drug-likeness (QED) is 0.686. The molecule has 0 aliphatic carbocycles. The predicted molar refractivity (Wildman–Crippen MR) is 89.0 cm³/mol. The van der Waals surface area contributed by atoms with Gasteiger partial charge in [0.2, 0.25) is 0 Å². The molecule has 3 nitrogen and oxygen atoms in total. The van der Waals surface area contributed by atoms with Gasteiger partial charge in [0.25, 0.3) is 5.56 Å². The fourth-order valence-electron chi connectivity index (χ4n) is 2.47. The van der Waals surface area contributed by atoms with Gasteiger partial charge >= 0.3 is 0 Å². The van der Waals surface area contributed by atoms with E-state index in [1.165, 1.54) is 5.56 Å². The van der Waals surface area contributed by atoms with Crippen LogP contribution < -0.4 is 5.56 Å². The molecule has 2 heterocycles. The Kier molecular flexibility index (Phi) is 3.47. The van der Waals surface area contributed by atoms with Crippen molar-refractivity contribution >= 4 is 21.6 Å². The van der Waals surface area contributed by atoms with E-state index in [9.17, 15) is 4.79 Å². The molecule has 0 spiro atoms. The molecule has 3 rings (SSSR count). The Balaban J connectivity index is 2.33. The molecule has 0 atom stereocenters. The van der Waals surface area contributed by atoms with Crippen molar-refractivity contribution in [3.8, 4) is 11.1 Å². The number of fused-ring (bicyclic) bond motifs is 1. The summed E-state index contributed by atoms with van der Waals surface area (Å²) in [5.74, 6) is 0. The van der Waals surface area contributed by atoms with E-state index in [1.807, 2.05) is 6.92 Å². The molecule has 4 heteroatoms. The number of aromatic nitrogens is 2. The maximum absolute atomic E-state index is 12.7. The first-order valence-electron chi connectivity index (χ1n) is 6.78. The number of thiophene rings is 1. The van der Waals surface area contributed by atoms with Gasteiger partial charge in [-0.25, -0.2) is 4.98 Å². The summed E-state index contributed by atoms with van der Waals surface area (Å²) < 4.78 is 1.60. The highest BCUT2D eigenvalue weighted by Gasteiger charge is 2.16. The minimum atomic E-state index is -0.000162. The van der Waals surface area contributed by atoms with Gasteiger partial charge in [-0.15, -0.1) is 17.9 Å². The zero-order valence-electron chi connectivity index (χ0n) is 12.1. The summed E-state index contributed by atoms with van der Waals surface area (Å²) in [7, 11) is 0. The molecule has 0 aliphatic rings. The lowest BCUT2D eigenvalue weighted by molar-refractivity contribution is 0.769. The topological polar surface area (TPSA) is 34.9 Å². The molecule has 0 bridgehead atoms. The zero-order valence-corrected chi connectivity index (χ0v) is 12.9. The second-order valence-corrected chi connectivity index (χ2v) is 6.27. The van der Waals surface area contributed by atoms with Crippen LogP contribution in [-0.2, 0) is 6.54 Å². The Morgan fingerprint density at radius 2 is 2.00 bits per heavy atom. The van der Waals surface area contributed by atoms with Crippen molar-refractivity contribution in [1.82, 2.24) is 9.55 Å². The summed E-state index contributed by atoms with van der Waals surface area (Å²) in [5.41, 5.74) is 3.28. The van der Waals surface area contributed by atoms with Crippen LogP contribution in [0, 0.1) is 13.8 Å². The first-order valence-corrected chi connectivity index (χ1v) is 7.60. The van der Waals surface area contributed by atoms with Crippen LogP contribution in [0.4, 0.5) is 0 Å². The van der Waals surface area contributed by atoms with Gasteiger partial charge in [0.15, 0.2) is 0 Å². The molecule has 0 radical (unpaired) electrons. The van der Waals surface area contributed by atoms with Gasteiger partial charge in [-0.3, -0.25) is 9.36 Å². The van der Waals surface area contributed by atoms with E-state index in [1.54, 1.807) is 28.3 Å². The Hall–Kier alpha value is -2.20. The summed E-state index contributed by atoms with van der Waals surface area (Å²) in [5, 5.41) is 0.714. The molecule has 0 fully saturated rings. The first-order chi connectivity index (χ1) is 10.1. The number of rotatable bonds is 3. The molecule has 0 aliphatic heterocycles. The van der Waals surface area contributed by atoms with E-state index < -0.39 is 0 Å². The Morgan fingerprint density at radius 1 is 1.29 bits per heavy atom. The zero-order chi connectivity index (χ0) is 15.0. The predicted octanol–water partition coefficient (Wildman–Crippen LogP) is 3.93. The molecule has 3 aromatic rings. The van der Waals surface area contributed by atoms with Crippen molar-refractivity contribution in [2.24, 2.45) is 0 Å². The highest BCUT2D eigenvalue weighted by molar-refractivity contribution is 7.19. The van der Waals surface area contributed by atoms with E-state index in [0.717, 1.165) is 20.8 Å². The molecule has 0 N–H and O–H groups in total. The fourth-order valence-corrected chi connectivity index (χ4v) is 3.48. The smallest absolute Gasteiger partial charge is 0.263 e. The molecule has 0 unspecified atom stereocenters. The number of allylic oxidation sites excluding steroid dienone is 1. The Bertz CT molecular complexity index is 872. The SMILES string of the molecule is C=CCn1cnc2sc(C)c(-c3ccc(C)cc3)c2c1=O. The summed E-state index contributed by atoms with van der Waals surface area (Å²) >= 11 is 1.57. The van der Waals surface area contributed by atoms with Gasteiger partial charge in [-0.1, -0.05) is 35.9 Å². The number of benzene rings is 1. The summed E-state index contributed by atoms with van der Waals surface area (Å²) in [6.07, 6.45) is 3.31. The van der Waals surface area contributed by atoms with Gasteiger partial charge in [0.1, 0.15) is 4.83 Å². The monoisotopic (exact) mass is 296 g/mol. The molecular weight excluding hydrogens is 280 g/mol. The lowest BCUT2D eigenvalue weighted by Crippen LogP contribution is -2.19. The second kappa shape index (κ2) is 5.30. The van der Waals surface area contributed by atoms with Crippen molar-refractivity contribution in [2.75, 3.05) is 0 Å². The van der Waals surface area contributed by atoms with Gasteiger partial charge in [0, 0.05) is 17.0 Å². The Labute approximate surface area is 127 Å². The average molecular weight is 296 g/mol. The van der Waals surface area contributed by atoms with E-state index in [-0.39, 0.29) is 5.56 Å². The van der Waals surface area contributed by atoms with Crippen LogP contribution in [0.2, 0.25) is 0 Å². The first kappa shape index (κ1) is 13.8.